The summed E-state index contributed by atoms with van der Waals surface area (Å²) in [6.07, 6.45) is 1.11. The standard InChI is InChI=1S/C9H17N3O/c1-2-11-5-6-12(9(11)13)8-3-4-10-7-8/h8,10H,2-7H2,1H3. The molecule has 0 radical (unpaired) electrons. The second-order valence-electron chi connectivity index (χ2n) is 3.70. The third kappa shape index (κ3) is 1.50. The third-order valence-corrected chi connectivity index (χ3v) is 2.98. The maximum absolute atomic E-state index is 11.7. The zero-order chi connectivity index (χ0) is 9.26. The Balaban J connectivity index is 1.97. The average molecular weight is 183 g/mol. The predicted octanol–water partition coefficient (Wildman–Crippen LogP) is 0.106. The smallest absolute Gasteiger partial charge is 0.320 e. The lowest BCUT2D eigenvalue weighted by atomic mass is 10.2. The quantitative estimate of drug-likeness (QED) is 0.659. The molecule has 2 saturated heterocycles. The molecule has 0 aromatic carbocycles. The van der Waals surface area contributed by atoms with Crippen LogP contribution in [0.25, 0.3) is 0 Å². The molecule has 4 heteroatoms. The zero-order valence-corrected chi connectivity index (χ0v) is 8.12. The van der Waals surface area contributed by atoms with Crippen molar-refractivity contribution in [3.05, 3.63) is 0 Å². The lowest BCUT2D eigenvalue weighted by Crippen LogP contribution is -2.40. The van der Waals surface area contributed by atoms with Crippen LogP contribution in [0.4, 0.5) is 4.79 Å². The number of carbonyl (C=O) groups excluding carboxylic acids is 1. The number of carbonyl (C=O) groups is 1. The molecule has 4 nitrogen and oxygen atoms in total. The van der Waals surface area contributed by atoms with Crippen molar-refractivity contribution in [2.75, 3.05) is 32.7 Å². The van der Waals surface area contributed by atoms with Crippen molar-refractivity contribution in [3.8, 4) is 0 Å². The Bertz CT molecular complexity index is 201. The van der Waals surface area contributed by atoms with Crippen molar-refractivity contribution in [2.24, 2.45) is 0 Å². The molecule has 2 rings (SSSR count). The summed E-state index contributed by atoms with van der Waals surface area (Å²) in [6.45, 7) is 6.73. The highest BCUT2D eigenvalue weighted by atomic mass is 16.2. The first-order chi connectivity index (χ1) is 6.33. The molecule has 2 aliphatic rings. The number of nitrogens with one attached hydrogen (secondary N) is 1. The Hall–Kier alpha value is -0.770. The minimum Gasteiger partial charge on any atom is -0.323 e. The molecule has 2 amide bonds. The Kier molecular flexibility index (Phi) is 2.40. The Morgan fingerprint density at radius 1 is 1.54 bits per heavy atom. The van der Waals surface area contributed by atoms with Crippen LogP contribution in [0.3, 0.4) is 0 Å². The number of urea groups is 1. The molecule has 0 aromatic heterocycles. The summed E-state index contributed by atoms with van der Waals surface area (Å²) in [7, 11) is 0. The van der Waals surface area contributed by atoms with Crippen LogP contribution in [0.15, 0.2) is 0 Å². The minimum absolute atomic E-state index is 0.233. The van der Waals surface area contributed by atoms with Crippen LogP contribution < -0.4 is 5.32 Å². The monoisotopic (exact) mass is 183 g/mol. The first-order valence-corrected chi connectivity index (χ1v) is 5.09. The molecule has 13 heavy (non-hydrogen) atoms. The Labute approximate surface area is 78.9 Å². The number of hydrogen-bond donors (Lipinski definition) is 1. The average Bonchev–Trinajstić information content (AvgIpc) is 2.72. The molecule has 0 bridgehead atoms. The maximum atomic E-state index is 11.7. The van der Waals surface area contributed by atoms with E-state index in [2.05, 4.69) is 5.32 Å². The van der Waals surface area contributed by atoms with Crippen LogP contribution in [-0.4, -0.2) is 54.6 Å². The molecular weight excluding hydrogens is 166 g/mol. The summed E-state index contributed by atoms with van der Waals surface area (Å²) in [6, 6.07) is 0.681. The molecule has 0 spiro atoms. The number of hydrogen-bond acceptors (Lipinski definition) is 2. The second kappa shape index (κ2) is 3.54. The van der Waals surface area contributed by atoms with E-state index in [1.54, 1.807) is 0 Å². The van der Waals surface area contributed by atoms with E-state index in [1.165, 1.54) is 0 Å². The van der Waals surface area contributed by atoms with Crippen molar-refractivity contribution < 1.29 is 4.79 Å². The third-order valence-electron chi connectivity index (χ3n) is 2.98. The Morgan fingerprint density at radius 3 is 2.92 bits per heavy atom. The van der Waals surface area contributed by atoms with E-state index in [-0.39, 0.29) is 6.03 Å². The fourth-order valence-corrected chi connectivity index (χ4v) is 2.14. The van der Waals surface area contributed by atoms with Crippen molar-refractivity contribution in [2.45, 2.75) is 19.4 Å². The van der Waals surface area contributed by atoms with Gasteiger partial charge in [0.15, 0.2) is 0 Å². The predicted molar refractivity (Wildman–Crippen MR) is 50.6 cm³/mol. The van der Waals surface area contributed by atoms with Gasteiger partial charge in [0.1, 0.15) is 0 Å². The van der Waals surface area contributed by atoms with Gasteiger partial charge in [-0.2, -0.15) is 0 Å². The van der Waals surface area contributed by atoms with E-state index in [1.807, 2.05) is 16.7 Å². The second-order valence-corrected chi connectivity index (χ2v) is 3.70. The summed E-state index contributed by atoms with van der Waals surface area (Å²) < 4.78 is 0. The van der Waals surface area contributed by atoms with Gasteiger partial charge in [-0.25, -0.2) is 4.79 Å². The van der Waals surface area contributed by atoms with Crippen molar-refractivity contribution in [3.63, 3.8) is 0 Å². The molecule has 74 valence electrons. The van der Waals surface area contributed by atoms with Crippen molar-refractivity contribution >= 4 is 6.03 Å². The van der Waals surface area contributed by atoms with Crippen LogP contribution in [0.5, 0.6) is 0 Å². The summed E-state index contributed by atoms with van der Waals surface area (Å²) in [4.78, 5) is 15.7. The van der Waals surface area contributed by atoms with Gasteiger partial charge in [-0.3, -0.25) is 0 Å². The minimum atomic E-state index is 0.233. The molecule has 2 fully saturated rings. The summed E-state index contributed by atoms with van der Waals surface area (Å²) in [5.41, 5.74) is 0. The van der Waals surface area contributed by atoms with Crippen LogP contribution in [-0.2, 0) is 0 Å². The van der Waals surface area contributed by atoms with Crippen LogP contribution in [0.2, 0.25) is 0 Å². The number of amides is 2. The van der Waals surface area contributed by atoms with Gasteiger partial charge < -0.3 is 15.1 Å². The number of rotatable bonds is 2. The van der Waals surface area contributed by atoms with Gasteiger partial charge in [0.25, 0.3) is 0 Å². The number of nitrogens with zero attached hydrogens (tertiary/aromatic N) is 2. The van der Waals surface area contributed by atoms with E-state index in [9.17, 15) is 4.79 Å². The van der Waals surface area contributed by atoms with E-state index in [4.69, 9.17) is 0 Å². The van der Waals surface area contributed by atoms with Gasteiger partial charge in [0, 0.05) is 32.2 Å². The Morgan fingerprint density at radius 2 is 2.38 bits per heavy atom. The summed E-state index contributed by atoms with van der Waals surface area (Å²) in [5.74, 6) is 0. The van der Waals surface area contributed by atoms with Crippen LogP contribution >= 0.6 is 0 Å². The fourth-order valence-electron chi connectivity index (χ4n) is 2.14. The molecule has 1 atom stereocenters. The first kappa shape index (κ1) is 8.81. The fraction of sp³-hybridized carbons (Fsp3) is 0.889. The molecule has 2 heterocycles. The van der Waals surface area contributed by atoms with Crippen molar-refractivity contribution in [1.82, 2.24) is 15.1 Å². The topological polar surface area (TPSA) is 35.6 Å². The van der Waals surface area contributed by atoms with Gasteiger partial charge in [-0.1, -0.05) is 0 Å². The lowest BCUT2D eigenvalue weighted by molar-refractivity contribution is 0.181. The van der Waals surface area contributed by atoms with Crippen LogP contribution in [0.1, 0.15) is 13.3 Å². The normalized spacial score (nSPS) is 29.0. The first-order valence-electron chi connectivity index (χ1n) is 5.09. The highest BCUT2D eigenvalue weighted by Gasteiger charge is 2.33. The molecule has 0 saturated carbocycles. The highest BCUT2D eigenvalue weighted by Crippen LogP contribution is 2.15. The maximum Gasteiger partial charge on any atom is 0.320 e. The van der Waals surface area contributed by atoms with E-state index < -0.39 is 0 Å². The number of likely N-dealkylation sites (N-methyl/N-ethyl adjacent to an activating group) is 1. The van der Waals surface area contributed by atoms with Gasteiger partial charge in [-0.05, 0) is 19.9 Å². The van der Waals surface area contributed by atoms with Crippen molar-refractivity contribution in [1.29, 1.82) is 0 Å². The molecule has 2 aliphatic heterocycles. The molecular formula is C9H17N3O. The van der Waals surface area contributed by atoms with Gasteiger partial charge in [0.2, 0.25) is 0 Å². The van der Waals surface area contributed by atoms with Gasteiger partial charge >= 0.3 is 6.03 Å². The summed E-state index contributed by atoms with van der Waals surface area (Å²) in [5, 5.41) is 3.29. The van der Waals surface area contributed by atoms with Gasteiger partial charge in [0.05, 0.1) is 0 Å². The van der Waals surface area contributed by atoms with Gasteiger partial charge in [-0.15, -0.1) is 0 Å². The van der Waals surface area contributed by atoms with E-state index in [0.717, 1.165) is 39.1 Å². The SMILES string of the molecule is CCN1CCN(C2CCNC2)C1=O. The van der Waals surface area contributed by atoms with Crippen LogP contribution in [0, 0.1) is 0 Å². The largest absolute Gasteiger partial charge is 0.323 e. The lowest BCUT2D eigenvalue weighted by Gasteiger charge is -2.23. The van der Waals surface area contributed by atoms with E-state index >= 15 is 0 Å². The highest BCUT2D eigenvalue weighted by molar-refractivity contribution is 5.76. The molecule has 1 N–H and O–H groups in total. The van der Waals surface area contributed by atoms with E-state index in [0.29, 0.717) is 6.04 Å². The molecule has 0 aromatic rings. The summed E-state index contributed by atoms with van der Waals surface area (Å²) >= 11 is 0. The molecule has 1 unspecified atom stereocenters. The molecule has 0 aliphatic carbocycles. The zero-order valence-electron chi connectivity index (χ0n) is 8.12.